The number of rotatable bonds is 3. The van der Waals surface area contributed by atoms with E-state index in [-0.39, 0.29) is 4.90 Å². The summed E-state index contributed by atoms with van der Waals surface area (Å²) in [7, 11) is -3.65. The third-order valence-corrected chi connectivity index (χ3v) is 4.84. The van der Waals surface area contributed by atoms with E-state index in [0.717, 1.165) is 16.5 Å². The van der Waals surface area contributed by atoms with Crippen molar-refractivity contribution < 1.29 is 8.42 Å². The molecule has 1 heterocycles. The molecule has 0 aliphatic rings. The van der Waals surface area contributed by atoms with Gasteiger partial charge in [0.1, 0.15) is 0 Å². The van der Waals surface area contributed by atoms with Crippen LogP contribution in [0.25, 0.3) is 10.8 Å². The topological polar surface area (TPSA) is 59.1 Å². The van der Waals surface area contributed by atoms with Gasteiger partial charge < -0.3 is 0 Å². The highest BCUT2D eigenvalue weighted by atomic mass is 32.2. The summed E-state index contributed by atoms with van der Waals surface area (Å²) in [6.45, 7) is 3.88. The van der Waals surface area contributed by atoms with Gasteiger partial charge in [-0.1, -0.05) is 18.2 Å². The van der Waals surface area contributed by atoms with E-state index in [1.165, 1.54) is 0 Å². The Balaban J connectivity index is 2.09. The van der Waals surface area contributed by atoms with Gasteiger partial charge in [-0.05, 0) is 49.2 Å². The van der Waals surface area contributed by atoms with Gasteiger partial charge >= 0.3 is 0 Å². The van der Waals surface area contributed by atoms with Crippen LogP contribution in [0.1, 0.15) is 11.1 Å². The molecule has 112 valence electrons. The highest BCUT2D eigenvalue weighted by Crippen LogP contribution is 2.25. The SMILES string of the molecule is Cc1cc(C)cc(NS(=O)(=O)c2cccc3cnccc23)c1. The lowest BCUT2D eigenvalue weighted by molar-refractivity contribution is 0.602. The Kier molecular flexibility index (Phi) is 3.58. The second-order valence-electron chi connectivity index (χ2n) is 5.33. The molecule has 0 radical (unpaired) electrons. The van der Waals surface area contributed by atoms with Crippen LogP contribution < -0.4 is 4.72 Å². The van der Waals surface area contributed by atoms with Gasteiger partial charge in [-0.3, -0.25) is 9.71 Å². The Labute approximate surface area is 129 Å². The van der Waals surface area contributed by atoms with Crippen LogP contribution in [0, 0.1) is 13.8 Å². The van der Waals surface area contributed by atoms with Crippen LogP contribution in [-0.2, 0) is 10.0 Å². The summed E-state index contributed by atoms with van der Waals surface area (Å²) in [5.41, 5.74) is 2.60. The van der Waals surface area contributed by atoms with Gasteiger partial charge in [-0.25, -0.2) is 8.42 Å². The van der Waals surface area contributed by atoms with E-state index in [2.05, 4.69) is 9.71 Å². The van der Waals surface area contributed by atoms with Crippen molar-refractivity contribution in [1.29, 1.82) is 0 Å². The van der Waals surface area contributed by atoms with Gasteiger partial charge in [-0.2, -0.15) is 0 Å². The summed E-state index contributed by atoms with van der Waals surface area (Å²) < 4.78 is 28.1. The monoisotopic (exact) mass is 312 g/mol. The number of nitrogens with one attached hydrogen (secondary N) is 1. The molecule has 3 aromatic rings. The molecule has 0 bridgehead atoms. The molecule has 0 atom stereocenters. The van der Waals surface area contributed by atoms with E-state index in [0.29, 0.717) is 11.1 Å². The zero-order valence-corrected chi connectivity index (χ0v) is 13.2. The minimum absolute atomic E-state index is 0.256. The number of benzene rings is 2. The molecule has 2 aromatic carbocycles. The average Bonchev–Trinajstić information content (AvgIpc) is 2.45. The highest BCUT2D eigenvalue weighted by molar-refractivity contribution is 7.93. The smallest absolute Gasteiger partial charge is 0.262 e. The van der Waals surface area contributed by atoms with Gasteiger partial charge in [0.25, 0.3) is 10.0 Å². The van der Waals surface area contributed by atoms with E-state index in [1.54, 1.807) is 30.6 Å². The number of sulfonamides is 1. The molecular formula is C17H16N2O2S. The average molecular weight is 312 g/mol. The van der Waals surface area contributed by atoms with Crippen LogP contribution >= 0.6 is 0 Å². The first kappa shape index (κ1) is 14.5. The largest absolute Gasteiger partial charge is 0.280 e. The molecule has 0 aliphatic carbocycles. The van der Waals surface area contributed by atoms with Crippen molar-refractivity contribution in [1.82, 2.24) is 4.98 Å². The van der Waals surface area contributed by atoms with Crippen molar-refractivity contribution in [3.8, 4) is 0 Å². The number of nitrogens with zero attached hydrogens (tertiary/aromatic N) is 1. The summed E-state index contributed by atoms with van der Waals surface area (Å²) in [6.07, 6.45) is 3.25. The maximum atomic E-state index is 12.7. The third-order valence-electron chi connectivity index (χ3n) is 3.40. The van der Waals surface area contributed by atoms with E-state index in [1.807, 2.05) is 38.1 Å². The third kappa shape index (κ3) is 2.80. The molecular weight excluding hydrogens is 296 g/mol. The minimum atomic E-state index is -3.65. The molecule has 22 heavy (non-hydrogen) atoms. The van der Waals surface area contributed by atoms with Crippen LogP contribution in [0.2, 0.25) is 0 Å². The molecule has 3 rings (SSSR count). The first-order valence-corrected chi connectivity index (χ1v) is 8.38. The Hall–Kier alpha value is -2.40. The molecule has 0 unspecified atom stereocenters. The van der Waals surface area contributed by atoms with E-state index in [9.17, 15) is 8.42 Å². The highest BCUT2D eigenvalue weighted by Gasteiger charge is 2.17. The number of anilines is 1. The van der Waals surface area contributed by atoms with Gasteiger partial charge in [0.15, 0.2) is 0 Å². The molecule has 0 saturated carbocycles. The minimum Gasteiger partial charge on any atom is -0.280 e. The van der Waals surface area contributed by atoms with Crippen molar-refractivity contribution in [2.45, 2.75) is 18.7 Å². The fourth-order valence-electron chi connectivity index (χ4n) is 2.57. The molecule has 4 nitrogen and oxygen atoms in total. The van der Waals surface area contributed by atoms with Crippen molar-refractivity contribution in [3.63, 3.8) is 0 Å². The lowest BCUT2D eigenvalue weighted by Gasteiger charge is -2.11. The molecule has 0 spiro atoms. The number of hydrogen-bond donors (Lipinski definition) is 1. The normalized spacial score (nSPS) is 11.5. The zero-order valence-electron chi connectivity index (χ0n) is 12.4. The van der Waals surface area contributed by atoms with Crippen LogP contribution in [0.15, 0.2) is 59.8 Å². The second kappa shape index (κ2) is 5.42. The van der Waals surface area contributed by atoms with Crippen LogP contribution in [0.5, 0.6) is 0 Å². The summed E-state index contributed by atoms with van der Waals surface area (Å²) in [5, 5.41) is 1.46. The first-order chi connectivity index (χ1) is 10.5. The van der Waals surface area contributed by atoms with Crippen LogP contribution in [0.3, 0.4) is 0 Å². The molecule has 0 aliphatic heterocycles. The standard InChI is InChI=1S/C17H16N2O2S/c1-12-8-13(2)10-15(9-12)19-22(20,21)17-5-3-4-14-11-18-7-6-16(14)17/h3-11,19H,1-2H3. The predicted octanol–water partition coefficient (Wildman–Crippen LogP) is 3.65. The molecule has 0 amide bonds. The van der Waals surface area contributed by atoms with Crippen LogP contribution in [0.4, 0.5) is 5.69 Å². The lowest BCUT2D eigenvalue weighted by Crippen LogP contribution is -2.13. The van der Waals surface area contributed by atoms with Crippen molar-refractivity contribution in [3.05, 3.63) is 66.0 Å². The quantitative estimate of drug-likeness (QED) is 0.803. The molecule has 0 fully saturated rings. The summed E-state index contributed by atoms with van der Waals surface area (Å²) in [5.74, 6) is 0. The maximum Gasteiger partial charge on any atom is 0.262 e. The van der Waals surface area contributed by atoms with E-state index >= 15 is 0 Å². The van der Waals surface area contributed by atoms with Crippen LogP contribution in [-0.4, -0.2) is 13.4 Å². The summed E-state index contributed by atoms with van der Waals surface area (Å²) in [6, 6.07) is 12.5. The Bertz CT molecular complexity index is 924. The molecule has 1 N–H and O–H groups in total. The zero-order chi connectivity index (χ0) is 15.7. The Morgan fingerprint density at radius 3 is 2.45 bits per heavy atom. The van der Waals surface area contributed by atoms with Gasteiger partial charge in [0.05, 0.1) is 4.90 Å². The van der Waals surface area contributed by atoms with Crippen molar-refractivity contribution in [2.75, 3.05) is 4.72 Å². The fourth-order valence-corrected chi connectivity index (χ4v) is 3.84. The summed E-state index contributed by atoms with van der Waals surface area (Å²) in [4.78, 5) is 4.28. The number of aromatic nitrogens is 1. The Morgan fingerprint density at radius 1 is 1.00 bits per heavy atom. The first-order valence-electron chi connectivity index (χ1n) is 6.89. The lowest BCUT2D eigenvalue weighted by atomic mass is 10.1. The predicted molar refractivity (Wildman–Crippen MR) is 88.5 cm³/mol. The number of hydrogen-bond acceptors (Lipinski definition) is 3. The summed E-state index contributed by atoms with van der Waals surface area (Å²) >= 11 is 0. The number of pyridine rings is 1. The molecule has 5 heteroatoms. The Morgan fingerprint density at radius 2 is 1.73 bits per heavy atom. The molecule has 1 aromatic heterocycles. The van der Waals surface area contributed by atoms with Gasteiger partial charge in [0, 0.05) is 28.9 Å². The van der Waals surface area contributed by atoms with Gasteiger partial charge in [-0.15, -0.1) is 0 Å². The number of aryl methyl sites for hydroxylation is 2. The van der Waals surface area contributed by atoms with E-state index < -0.39 is 10.0 Å². The van der Waals surface area contributed by atoms with Gasteiger partial charge in [0.2, 0.25) is 0 Å². The van der Waals surface area contributed by atoms with Crippen molar-refractivity contribution in [2.24, 2.45) is 0 Å². The second-order valence-corrected chi connectivity index (χ2v) is 6.99. The number of fused-ring (bicyclic) bond motifs is 1. The fraction of sp³-hybridized carbons (Fsp3) is 0.118. The van der Waals surface area contributed by atoms with Crippen molar-refractivity contribution >= 4 is 26.5 Å². The maximum absolute atomic E-state index is 12.7. The van der Waals surface area contributed by atoms with E-state index in [4.69, 9.17) is 0 Å². The molecule has 0 saturated heterocycles.